The van der Waals surface area contributed by atoms with Crippen LogP contribution in [0.2, 0.25) is 0 Å². The van der Waals surface area contributed by atoms with Gasteiger partial charge in [-0.15, -0.1) is 0 Å². The Bertz CT molecular complexity index is 498. The fraction of sp³-hybridized carbons (Fsp3) is 0.368. The summed E-state index contributed by atoms with van der Waals surface area (Å²) in [6, 6.07) is 8.36. The molecule has 1 nitrogen and oxygen atoms in total. The Kier molecular flexibility index (Phi) is 5.38. The molecule has 0 aromatic heterocycles. The lowest BCUT2D eigenvalue weighted by atomic mass is 9.86. The van der Waals surface area contributed by atoms with Gasteiger partial charge < -0.3 is 4.74 Å². The molecule has 0 bridgehead atoms. The minimum atomic E-state index is 0.157. The number of benzene rings is 1. The molecule has 1 atom stereocenters. The standard InChI is InChI=1S/C19H26O/c1-8-9-14(2)15(3)20-16(4)17-10-12-18(13-11-17)19(5,6)7/h8-14H,3-4H2,1-2,5-7H3/b9-8-. The molecule has 1 unspecified atom stereocenters. The van der Waals surface area contributed by atoms with Gasteiger partial charge in [0, 0.05) is 11.5 Å². The Hall–Kier alpha value is -1.76. The molecule has 0 N–H and O–H groups in total. The topological polar surface area (TPSA) is 9.23 Å². The summed E-state index contributed by atoms with van der Waals surface area (Å²) >= 11 is 0. The minimum absolute atomic E-state index is 0.157. The summed E-state index contributed by atoms with van der Waals surface area (Å²) in [7, 11) is 0. The normalized spacial score (nSPS) is 13.2. The largest absolute Gasteiger partial charge is 0.462 e. The van der Waals surface area contributed by atoms with Crippen molar-refractivity contribution >= 4 is 5.76 Å². The third kappa shape index (κ3) is 4.41. The van der Waals surface area contributed by atoms with Crippen LogP contribution in [0.1, 0.15) is 45.7 Å². The first kappa shape index (κ1) is 16.3. The van der Waals surface area contributed by atoms with E-state index in [1.807, 2.05) is 13.0 Å². The van der Waals surface area contributed by atoms with Gasteiger partial charge >= 0.3 is 0 Å². The van der Waals surface area contributed by atoms with Gasteiger partial charge in [-0.3, -0.25) is 0 Å². The van der Waals surface area contributed by atoms with Crippen molar-refractivity contribution in [3.05, 3.63) is 66.5 Å². The van der Waals surface area contributed by atoms with Crippen molar-refractivity contribution in [2.45, 2.75) is 40.0 Å². The second-order valence-electron chi connectivity index (χ2n) is 6.13. The van der Waals surface area contributed by atoms with E-state index in [0.717, 1.165) is 5.56 Å². The molecule has 0 radical (unpaired) electrons. The van der Waals surface area contributed by atoms with Crippen LogP contribution in [0, 0.1) is 5.92 Å². The molecule has 0 aliphatic rings. The van der Waals surface area contributed by atoms with Crippen molar-refractivity contribution in [1.82, 2.24) is 0 Å². The highest BCUT2D eigenvalue weighted by Crippen LogP contribution is 2.26. The van der Waals surface area contributed by atoms with E-state index in [1.54, 1.807) is 0 Å². The van der Waals surface area contributed by atoms with Crippen molar-refractivity contribution in [1.29, 1.82) is 0 Å². The second-order valence-corrected chi connectivity index (χ2v) is 6.13. The lowest BCUT2D eigenvalue weighted by Crippen LogP contribution is -2.10. The molecule has 0 heterocycles. The zero-order chi connectivity index (χ0) is 15.3. The molecule has 0 spiro atoms. The summed E-state index contributed by atoms with van der Waals surface area (Å²) in [5, 5.41) is 0. The molecule has 20 heavy (non-hydrogen) atoms. The van der Waals surface area contributed by atoms with Crippen molar-refractivity contribution in [2.75, 3.05) is 0 Å². The fourth-order valence-electron chi connectivity index (χ4n) is 1.86. The monoisotopic (exact) mass is 270 g/mol. The number of allylic oxidation sites excluding steroid dienone is 2. The highest BCUT2D eigenvalue weighted by atomic mass is 16.5. The summed E-state index contributed by atoms with van der Waals surface area (Å²) in [6.07, 6.45) is 4.05. The van der Waals surface area contributed by atoms with E-state index in [4.69, 9.17) is 4.74 Å². The van der Waals surface area contributed by atoms with Crippen LogP contribution in [0.25, 0.3) is 5.76 Å². The minimum Gasteiger partial charge on any atom is -0.462 e. The average Bonchev–Trinajstić information content (AvgIpc) is 2.38. The molecule has 0 aliphatic heterocycles. The van der Waals surface area contributed by atoms with Gasteiger partial charge in [-0.1, -0.05) is 77.3 Å². The van der Waals surface area contributed by atoms with Gasteiger partial charge in [-0.2, -0.15) is 0 Å². The van der Waals surface area contributed by atoms with Crippen LogP contribution in [-0.2, 0) is 10.2 Å². The van der Waals surface area contributed by atoms with Crippen molar-refractivity contribution < 1.29 is 4.74 Å². The summed E-state index contributed by atoms with van der Waals surface area (Å²) in [5.74, 6) is 1.55. The molecule has 1 heteroatoms. The maximum absolute atomic E-state index is 5.74. The average molecular weight is 270 g/mol. The molecule has 108 valence electrons. The molecule has 1 aromatic rings. The summed E-state index contributed by atoms with van der Waals surface area (Å²) < 4.78 is 5.74. The maximum Gasteiger partial charge on any atom is 0.126 e. The zero-order valence-corrected chi connectivity index (χ0v) is 13.4. The Morgan fingerprint density at radius 2 is 1.70 bits per heavy atom. The SMILES string of the molecule is C=C(OC(=C)C(C)/C=C\C)c1ccc(C(C)(C)C)cc1. The Balaban J connectivity index is 2.76. The Morgan fingerprint density at radius 1 is 1.15 bits per heavy atom. The molecular formula is C19H26O. The first-order valence-corrected chi connectivity index (χ1v) is 7.05. The third-order valence-corrected chi connectivity index (χ3v) is 3.32. The molecular weight excluding hydrogens is 244 g/mol. The maximum atomic E-state index is 5.74. The van der Waals surface area contributed by atoms with Gasteiger partial charge in [0.2, 0.25) is 0 Å². The number of hydrogen-bond acceptors (Lipinski definition) is 1. The highest BCUT2D eigenvalue weighted by molar-refractivity contribution is 5.58. The summed E-state index contributed by atoms with van der Waals surface area (Å²) in [5.41, 5.74) is 2.45. The van der Waals surface area contributed by atoms with Crippen LogP contribution < -0.4 is 0 Å². The molecule has 0 aliphatic carbocycles. The van der Waals surface area contributed by atoms with E-state index in [9.17, 15) is 0 Å². The molecule has 0 saturated heterocycles. The molecule has 1 aromatic carbocycles. The summed E-state index contributed by atoms with van der Waals surface area (Å²) in [6.45, 7) is 18.6. The van der Waals surface area contributed by atoms with E-state index in [1.165, 1.54) is 5.56 Å². The van der Waals surface area contributed by atoms with Crippen molar-refractivity contribution in [3.63, 3.8) is 0 Å². The molecule has 1 rings (SSSR count). The van der Waals surface area contributed by atoms with Crippen LogP contribution in [0.4, 0.5) is 0 Å². The molecule has 0 amide bonds. The zero-order valence-electron chi connectivity index (χ0n) is 13.4. The van der Waals surface area contributed by atoms with Crippen LogP contribution in [-0.4, -0.2) is 0 Å². The third-order valence-electron chi connectivity index (χ3n) is 3.32. The van der Waals surface area contributed by atoms with Gasteiger partial charge in [0.05, 0.1) is 0 Å². The number of ether oxygens (including phenoxy) is 1. The van der Waals surface area contributed by atoms with Crippen LogP contribution in [0.3, 0.4) is 0 Å². The van der Waals surface area contributed by atoms with Gasteiger partial charge in [-0.25, -0.2) is 0 Å². The first-order valence-electron chi connectivity index (χ1n) is 7.05. The predicted molar refractivity (Wildman–Crippen MR) is 88.4 cm³/mol. The Morgan fingerprint density at radius 3 is 2.15 bits per heavy atom. The van der Waals surface area contributed by atoms with Crippen molar-refractivity contribution in [3.8, 4) is 0 Å². The molecule has 0 saturated carbocycles. The smallest absolute Gasteiger partial charge is 0.126 e. The highest BCUT2D eigenvalue weighted by Gasteiger charge is 2.14. The number of rotatable bonds is 5. The van der Waals surface area contributed by atoms with E-state index >= 15 is 0 Å². The quantitative estimate of drug-likeness (QED) is 0.493. The van der Waals surface area contributed by atoms with E-state index in [0.29, 0.717) is 11.5 Å². The van der Waals surface area contributed by atoms with E-state index in [-0.39, 0.29) is 11.3 Å². The lowest BCUT2D eigenvalue weighted by Gasteiger charge is -2.20. The van der Waals surface area contributed by atoms with Gasteiger partial charge in [0.25, 0.3) is 0 Å². The van der Waals surface area contributed by atoms with Crippen LogP contribution in [0.5, 0.6) is 0 Å². The van der Waals surface area contributed by atoms with Gasteiger partial charge in [-0.05, 0) is 17.9 Å². The number of hydrogen-bond donors (Lipinski definition) is 0. The fourth-order valence-corrected chi connectivity index (χ4v) is 1.86. The Labute approximate surface area is 123 Å². The first-order chi connectivity index (χ1) is 9.25. The van der Waals surface area contributed by atoms with Gasteiger partial charge in [0.15, 0.2) is 0 Å². The lowest BCUT2D eigenvalue weighted by molar-refractivity contribution is 0.346. The second kappa shape index (κ2) is 6.60. The van der Waals surface area contributed by atoms with E-state index in [2.05, 4.69) is 71.2 Å². The van der Waals surface area contributed by atoms with E-state index < -0.39 is 0 Å². The predicted octanol–water partition coefficient (Wildman–Crippen LogP) is 5.70. The molecule has 0 fully saturated rings. The van der Waals surface area contributed by atoms with Crippen LogP contribution in [0.15, 0.2) is 55.3 Å². The van der Waals surface area contributed by atoms with Crippen LogP contribution >= 0.6 is 0 Å². The van der Waals surface area contributed by atoms with Gasteiger partial charge in [0.1, 0.15) is 11.5 Å². The van der Waals surface area contributed by atoms with Crippen molar-refractivity contribution in [2.24, 2.45) is 5.92 Å². The summed E-state index contributed by atoms with van der Waals surface area (Å²) in [4.78, 5) is 0.